The highest BCUT2D eigenvalue weighted by Crippen LogP contribution is 2.35. The van der Waals surface area contributed by atoms with Gasteiger partial charge in [-0.3, -0.25) is 4.79 Å². The summed E-state index contributed by atoms with van der Waals surface area (Å²) in [7, 11) is 0. The van der Waals surface area contributed by atoms with E-state index in [-0.39, 0.29) is 12.5 Å². The molecule has 0 spiro atoms. The number of ether oxygens (including phenoxy) is 1. The molecule has 0 unspecified atom stereocenters. The molecule has 0 saturated carbocycles. The lowest BCUT2D eigenvalue weighted by Gasteiger charge is -2.29. The lowest BCUT2D eigenvalue weighted by Crippen LogP contribution is -2.38. The number of carbonyl (C=O) groups excluding carboxylic acids is 1. The minimum absolute atomic E-state index is 0.0439. The maximum atomic E-state index is 12.1. The Balaban J connectivity index is 1.94. The van der Waals surface area contributed by atoms with E-state index < -0.39 is 0 Å². The molecule has 0 N–H and O–H groups in total. The second kappa shape index (κ2) is 5.35. The van der Waals surface area contributed by atoms with Crippen LogP contribution in [0.1, 0.15) is 5.56 Å². The molecule has 1 aliphatic heterocycles. The summed E-state index contributed by atoms with van der Waals surface area (Å²) >= 11 is 11.9. The van der Waals surface area contributed by atoms with Gasteiger partial charge in [0.05, 0.1) is 12.2 Å². The summed E-state index contributed by atoms with van der Waals surface area (Å²) in [6, 6.07) is 12.7. The Bertz CT molecular complexity index is 655. The second-order valence-corrected chi connectivity index (χ2v) is 5.38. The molecule has 0 saturated heterocycles. The van der Waals surface area contributed by atoms with Crippen LogP contribution in [0.3, 0.4) is 0 Å². The van der Waals surface area contributed by atoms with Crippen molar-refractivity contribution in [2.45, 2.75) is 6.54 Å². The van der Waals surface area contributed by atoms with Crippen molar-refractivity contribution in [3.05, 3.63) is 58.1 Å². The first kappa shape index (κ1) is 13.3. The van der Waals surface area contributed by atoms with Gasteiger partial charge in [0, 0.05) is 10.0 Å². The molecule has 1 heterocycles. The van der Waals surface area contributed by atoms with Crippen LogP contribution in [0.15, 0.2) is 42.5 Å². The number of fused-ring (bicyclic) bond motifs is 1. The van der Waals surface area contributed by atoms with Gasteiger partial charge < -0.3 is 9.64 Å². The summed E-state index contributed by atoms with van der Waals surface area (Å²) in [5.41, 5.74) is 1.69. The molecule has 3 nitrogen and oxygen atoms in total. The van der Waals surface area contributed by atoms with Crippen molar-refractivity contribution < 1.29 is 9.53 Å². The Hall–Kier alpha value is -1.71. The van der Waals surface area contributed by atoms with Gasteiger partial charge in [0.15, 0.2) is 6.61 Å². The number of hydrogen-bond donors (Lipinski definition) is 0. The fraction of sp³-hybridized carbons (Fsp3) is 0.133. The molecule has 102 valence electrons. The van der Waals surface area contributed by atoms with E-state index in [1.165, 1.54) is 0 Å². The predicted octanol–water partition coefficient (Wildman–Crippen LogP) is 3.92. The summed E-state index contributed by atoms with van der Waals surface area (Å²) in [6.45, 7) is 0.509. The maximum absolute atomic E-state index is 12.1. The summed E-state index contributed by atoms with van der Waals surface area (Å²) < 4.78 is 5.41. The number of nitrogens with zero attached hydrogens (tertiary/aromatic N) is 1. The van der Waals surface area contributed by atoms with Crippen molar-refractivity contribution >= 4 is 34.8 Å². The summed E-state index contributed by atoms with van der Waals surface area (Å²) in [6.07, 6.45) is 0. The predicted molar refractivity (Wildman–Crippen MR) is 79.6 cm³/mol. The second-order valence-electron chi connectivity index (χ2n) is 4.51. The first-order valence-corrected chi connectivity index (χ1v) is 6.86. The van der Waals surface area contributed by atoms with Crippen LogP contribution in [-0.4, -0.2) is 12.5 Å². The van der Waals surface area contributed by atoms with Crippen LogP contribution in [0.25, 0.3) is 0 Å². The lowest BCUT2D eigenvalue weighted by molar-refractivity contribution is -0.121. The fourth-order valence-electron chi connectivity index (χ4n) is 2.12. The molecule has 2 aromatic carbocycles. The summed E-state index contributed by atoms with van der Waals surface area (Å²) in [5, 5.41) is 1.24. The van der Waals surface area contributed by atoms with Gasteiger partial charge in [0.2, 0.25) is 0 Å². The molecule has 0 aliphatic carbocycles. The van der Waals surface area contributed by atoms with Crippen LogP contribution < -0.4 is 9.64 Å². The van der Waals surface area contributed by atoms with Crippen LogP contribution in [0.4, 0.5) is 5.69 Å². The monoisotopic (exact) mass is 307 g/mol. The number of carbonyl (C=O) groups is 1. The van der Waals surface area contributed by atoms with Gasteiger partial charge in [0.1, 0.15) is 5.75 Å². The van der Waals surface area contributed by atoms with E-state index in [0.29, 0.717) is 28.0 Å². The Morgan fingerprint density at radius 3 is 2.50 bits per heavy atom. The molecule has 0 fully saturated rings. The van der Waals surface area contributed by atoms with Gasteiger partial charge in [-0.05, 0) is 35.9 Å². The Morgan fingerprint density at radius 2 is 1.75 bits per heavy atom. The quantitative estimate of drug-likeness (QED) is 0.841. The highest BCUT2D eigenvalue weighted by atomic mass is 35.5. The highest BCUT2D eigenvalue weighted by Gasteiger charge is 2.25. The summed E-state index contributed by atoms with van der Waals surface area (Å²) in [4.78, 5) is 13.7. The van der Waals surface area contributed by atoms with E-state index >= 15 is 0 Å². The molecule has 20 heavy (non-hydrogen) atoms. The summed E-state index contributed by atoms with van der Waals surface area (Å²) in [5.74, 6) is 0.581. The Labute approximate surface area is 126 Å². The number of rotatable bonds is 2. The molecule has 1 aliphatic rings. The van der Waals surface area contributed by atoms with Crippen LogP contribution in [0, 0.1) is 0 Å². The average molecular weight is 308 g/mol. The van der Waals surface area contributed by atoms with E-state index in [9.17, 15) is 4.79 Å². The highest BCUT2D eigenvalue weighted by molar-refractivity contribution is 6.31. The van der Waals surface area contributed by atoms with Crippen LogP contribution in [-0.2, 0) is 11.3 Å². The van der Waals surface area contributed by atoms with E-state index in [2.05, 4.69) is 0 Å². The first-order valence-electron chi connectivity index (χ1n) is 6.10. The third-order valence-corrected chi connectivity index (χ3v) is 3.60. The minimum atomic E-state index is -0.0882. The number of benzene rings is 2. The van der Waals surface area contributed by atoms with Gasteiger partial charge in [-0.15, -0.1) is 0 Å². The number of anilines is 1. The first-order chi connectivity index (χ1) is 9.63. The molecular formula is C15H11Cl2NO2. The van der Waals surface area contributed by atoms with E-state index in [4.69, 9.17) is 27.9 Å². The van der Waals surface area contributed by atoms with E-state index in [0.717, 1.165) is 5.56 Å². The van der Waals surface area contributed by atoms with E-state index in [1.54, 1.807) is 35.2 Å². The van der Waals surface area contributed by atoms with Crippen molar-refractivity contribution in [1.82, 2.24) is 0 Å². The zero-order valence-electron chi connectivity index (χ0n) is 10.5. The molecule has 2 aromatic rings. The number of hydrogen-bond acceptors (Lipinski definition) is 2. The van der Waals surface area contributed by atoms with Gasteiger partial charge in [-0.1, -0.05) is 35.3 Å². The zero-order valence-corrected chi connectivity index (χ0v) is 12.0. The smallest absolute Gasteiger partial charge is 0.265 e. The molecule has 3 rings (SSSR count). The van der Waals surface area contributed by atoms with Gasteiger partial charge in [-0.25, -0.2) is 0 Å². The molecule has 0 aromatic heterocycles. The minimum Gasteiger partial charge on any atom is -0.482 e. The number of halogens is 2. The molecule has 0 bridgehead atoms. The van der Waals surface area contributed by atoms with Crippen LogP contribution in [0.5, 0.6) is 5.75 Å². The molecule has 1 amide bonds. The van der Waals surface area contributed by atoms with Crippen molar-refractivity contribution in [1.29, 1.82) is 0 Å². The maximum Gasteiger partial charge on any atom is 0.265 e. The van der Waals surface area contributed by atoms with Gasteiger partial charge >= 0.3 is 0 Å². The third kappa shape index (κ3) is 2.60. The standard InChI is InChI=1S/C15H11Cl2NO2/c16-11-3-1-10(2-4-11)8-18-13-7-12(17)5-6-14(13)20-9-15(18)19/h1-7H,8-9H2. The van der Waals surface area contributed by atoms with Gasteiger partial charge in [0.25, 0.3) is 5.91 Å². The van der Waals surface area contributed by atoms with Crippen molar-refractivity contribution in [3.8, 4) is 5.75 Å². The van der Waals surface area contributed by atoms with Crippen LogP contribution in [0.2, 0.25) is 10.0 Å². The fourth-order valence-corrected chi connectivity index (χ4v) is 2.41. The molecule has 0 atom stereocenters. The van der Waals surface area contributed by atoms with Gasteiger partial charge in [-0.2, -0.15) is 0 Å². The van der Waals surface area contributed by atoms with Crippen molar-refractivity contribution in [3.63, 3.8) is 0 Å². The Kier molecular flexibility index (Phi) is 3.55. The molecular weight excluding hydrogens is 297 g/mol. The van der Waals surface area contributed by atoms with Crippen LogP contribution >= 0.6 is 23.2 Å². The van der Waals surface area contributed by atoms with Crippen molar-refractivity contribution in [2.24, 2.45) is 0 Å². The lowest BCUT2D eigenvalue weighted by atomic mass is 10.1. The van der Waals surface area contributed by atoms with Crippen molar-refractivity contribution in [2.75, 3.05) is 11.5 Å². The SMILES string of the molecule is O=C1COc2ccc(Cl)cc2N1Cc1ccc(Cl)cc1. The van der Waals surface area contributed by atoms with E-state index in [1.807, 2.05) is 12.1 Å². The number of amides is 1. The molecule has 5 heteroatoms. The third-order valence-electron chi connectivity index (χ3n) is 3.12. The topological polar surface area (TPSA) is 29.5 Å². The normalized spacial score (nSPS) is 13.9. The Morgan fingerprint density at radius 1 is 1.05 bits per heavy atom. The largest absolute Gasteiger partial charge is 0.482 e. The zero-order chi connectivity index (χ0) is 14.1. The molecule has 0 radical (unpaired) electrons. The average Bonchev–Trinajstić information content (AvgIpc) is 2.44.